The van der Waals surface area contributed by atoms with E-state index in [0.717, 1.165) is 0 Å². The minimum atomic E-state index is 0.215. The lowest BCUT2D eigenvalue weighted by molar-refractivity contribution is -1.18. The van der Waals surface area contributed by atoms with Crippen molar-refractivity contribution in [2.45, 2.75) is 0 Å². The normalized spacial score (nSPS) is 12.9. The van der Waals surface area contributed by atoms with E-state index in [1.165, 1.54) is 0 Å². The van der Waals surface area contributed by atoms with Gasteiger partial charge in [-0.3, -0.25) is 0 Å². The van der Waals surface area contributed by atoms with Crippen LogP contribution in [0.1, 0.15) is 0 Å². The van der Waals surface area contributed by atoms with Gasteiger partial charge in [0.15, 0.2) is 0 Å². The number of hydrogen-bond donors (Lipinski definition) is 4. The molecule has 13 heavy (non-hydrogen) atoms. The zero-order chi connectivity index (χ0) is 10.5. The fourth-order valence-corrected chi connectivity index (χ4v) is 1.29. The number of rotatable bonds is 6. The molecule has 0 saturated heterocycles. The predicted molar refractivity (Wildman–Crippen MR) is 52.0 cm³/mol. The highest BCUT2D eigenvalue weighted by Gasteiger charge is 2.35. The van der Waals surface area contributed by atoms with E-state index in [1.54, 1.807) is 0 Å². The summed E-state index contributed by atoms with van der Waals surface area (Å²) in [7, 11) is 7.43. The number of nitrogens with zero attached hydrogens (tertiary/aromatic N) is 3. The summed E-state index contributed by atoms with van der Waals surface area (Å²) >= 11 is 0. The van der Waals surface area contributed by atoms with Crippen LogP contribution in [0.25, 0.3) is 0 Å². The highest BCUT2D eigenvalue weighted by molar-refractivity contribution is 4.27. The molecule has 0 aliphatic carbocycles. The quantitative estimate of drug-likeness (QED) is 0.213. The van der Waals surface area contributed by atoms with E-state index >= 15 is 0 Å². The topological polar surface area (TPSA) is 82.6 Å². The van der Waals surface area contributed by atoms with Crippen molar-refractivity contribution >= 4 is 0 Å². The highest BCUT2D eigenvalue weighted by atomic mass is 16.2. The van der Waals surface area contributed by atoms with Crippen LogP contribution >= 0.6 is 0 Å². The van der Waals surface area contributed by atoms with Gasteiger partial charge in [-0.2, -0.15) is 0 Å². The first-order valence-corrected chi connectivity index (χ1v) is 4.19. The molecule has 0 amide bonds. The molecule has 7 heteroatoms. The average Bonchev–Trinajstić information content (AvgIpc) is 2.19. The van der Waals surface area contributed by atoms with Crippen LogP contribution < -0.4 is 22.3 Å². The van der Waals surface area contributed by atoms with Crippen LogP contribution in [0.4, 0.5) is 0 Å². The molecule has 0 bridgehead atoms. The van der Waals surface area contributed by atoms with E-state index in [9.17, 15) is 0 Å². The predicted octanol–water partition coefficient (Wildman–Crippen LogP) is -2.40. The number of hydrogen-bond acceptors (Lipinski definition) is 6. The van der Waals surface area contributed by atoms with Gasteiger partial charge in [0.2, 0.25) is 0 Å². The van der Waals surface area contributed by atoms with Crippen molar-refractivity contribution in [2.24, 2.45) is 11.5 Å². The van der Waals surface area contributed by atoms with Crippen molar-refractivity contribution in [1.82, 2.24) is 20.9 Å². The minimum Gasteiger partial charge on any atom is -0.314 e. The van der Waals surface area contributed by atoms with Crippen molar-refractivity contribution in [3.63, 3.8) is 0 Å². The largest absolute Gasteiger partial charge is 0.314 e. The van der Waals surface area contributed by atoms with Crippen LogP contribution in [0.2, 0.25) is 0 Å². The summed E-state index contributed by atoms with van der Waals surface area (Å²) in [4.78, 5) is 0.215. The van der Waals surface area contributed by atoms with Crippen molar-refractivity contribution in [1.29, 1.82) is 0 Å². The molecular weight excluding hydrogens is 170 g/mol. The molecule has 0 spiro atoms. The Morgan fingerprint density at radius 3 is 1.46 bits per heavy atom. The second kappa shape index (κ2) is 5.45. The number of nitrogens with one attached hydrogen (secondary N) is 2. The Morgan fingerprint density at radius 2 is 1.31 bits per heavy atom. The number of nitrogens with two attached hydrogens (primary N) is 2. The zero-order valence-electron chi connectivity index (χ0n) is 8.91. The lowest BCUT2D eigenvalue weighted by Gasteiger charge is -2.43. The third kappa shape index (κ3) is 2.35. The summed E-state index contributed by atoms with van der Waals surface area (Å²) in [5, 5.41) is 3.74. The van der Waals surface area contributed by atoms with Crippen LogP contribution in [0.5, 0.6) is 0 Å². The molecule has 0 unspecified atom stereocenters. The molecule has 0 heterocycles. The maximum Gasteiger partial charge on any atom is 0.101 e. The third-order valence-electron chi connectivity index (χ3n) is 2.14. The van der Waals surface area contributed by atoms with Gasteiger partial charge in [-0.1, -0.05) is 10.0 Å². The lowest BCUT2D eigenvalue weighted by atomic mass is 10.9. The summed E-state index contributed by atoms with van der Waals surface area (Å²) in [6, 6.07) is 0. The maximum absolute atomic E-state index is 5.56. The van der Waals surface area contributed by atoms with Crippen molar-refractivity contribution in [3.05, 3.63) is 0 Å². The van der Waals surface area contributed by atoms with Crippen molar-refractivity contribution in [3.8, 4) is 0 Å². The molecule has 0 aromatic heterocycles. The van der Waals surface area contributed by atoms with E-state index in [4.69, 9.17) is 11.5 Å². The van der Waals surface area contributed by atoms with Crippen LogP contribution in [0.3, 0.4) is 0 Å². The minimum absolute atomic E-state index is 0.215. The van der Waals surface area contributed by atoms with Gasteiger partial charge in [0.25, 0.3) is 0 Å². The Morgan fingerprint density at radius 1 is 1.00 bits per heavy atom. The smallest absolute Gasteiger partial charge is 0.101 e. The molecule has 0 aromatic rings. The van der Waals surface area contributed by atoms with Crippen molar-refractivity contribution < 1.29 is 4.92 Å². The van der Waals surface area contributed by atoms with Gasteiger partial charge in [0.05, 0.1) is 0 Å². The van der Waals surface area contributed by atoms with E-state index in [1.807, 2.05) is 38.2 Å². The van der Waals surface area contributed by atoms with E-state index in [-0.39, 0.29) is 4.92 Å². The maximum atomic E-state index is 5.56. The van der Waals surface area contributed by atoms with Gasteiger partial charge >= 0.3 is 0 Å². The molecule has 0 aliphatic heterocycles. The summed E-state index contributed by atoms with van der Waals surface area (Å²) in [6.07, 6.45) is 0. The van der Waals surface area contributed by atoms with Gasteiger partial charge < -0.3 is 11.5 Å². The third-order valence-corrected chi connectivity index (χ3v) is 2.14. The molecule has 0 fully saturated rings. The summed E-state index contributed by atoms with van der Waals surface area (Å²) in [5.41, 5.74) is 17.3. The van der Waals surface area contributed by atoms with Crippen LogP contribution in [-0.2, 0) is 0 Å². The molecule has 6 N–H and O–H groups in total. The summed E-state index contributed by atoms with van der Waals surface area (Å²) < 4.78 is 0. The molecule has 7 nitrogen and oxygen atoms in total. The fourth-order valence-electron chi connectivity index (χ4n) is 1.29. The SMILES string of the molecule is CN[N+](NC)(N(C)CN)N(C)CN. The number of quaternary nitrogens is 1. The standard InChI is InChI=1S/C6H22N7/c1-9-13(10-2,11(3)5-7)12(4)6-8/h9-10H,5-8H2,1-4H3/q+1. The molecule has 0 radical (unpaired) electrons. The molecule has 0 atom stereocenters. The first-order valence-electron chi connectivity index (χ1n) is 4.19. The Hall–Kier alpha value is -0.280. The van der Waals surface area contributed by atoms with Crippen LogP contribution in [0, 0.1) is 0 Å². The first kappa shape index (κ1) is 12.7. The lowest BCUT2D eigenvalue weighted by Crippen LogP contribution is -2.78. The van der Waals surface area contributed by atoms with Crippen LogP contribution in [0.15, 0.2) is 0 Å². The monoisotopic (exact) mass is 192 g/mol. The second-order valence-corrected chi connectivity index (χ2v) is 2.73. The van der Waals surface area contributed by atoms with Gasteiger partial charge in [-0.05, 0) is 4.92 Å². The molecule has 0 rings (SSSR count). The fraction of sp³-hybridized carbons (Fsp3) is 1.00. The first-order chi connectivity index (χ1) is 6.08. The Bertz CT molecular complexity index is 123. The molecule has 80 valence electrons. The summed E-state index contributed by atoms with van der Waals surface area (Å²) in [6.45, 7) is 0.817. The Balaban J connectivity index is 4.67. The second-order valence-electron chi connectivity index (χ2n) is 2.73. The zero-order valence-corrected chi connectivity index (χ0v) is 8.91. The highest BCUT2D eigenvalue weighted by Crippen LogP contribution is 2.02. The molecule has 0 aromatic carbocycles. The average molecular weight is 192 g/mol. The van der Waals surface area contributed by atoms with Gasteiger partial charge in [0.1, 0.15) is 13.3 Å². The van der Waals surface area contributed by atoms with E-state index in [0.29, 0.717) is 13.3 Å². The van der Waals surface area contributed by atoms with E-state index < -0.39 is 0 Å². The van der Waals surface area contributed by atoms with Crippen LogP contribution in [-0.4, -0.2) is 56.5 Å². The van der Waals surface area contributed by atoms with E-state index in [2.05, 4.69) is 10.9 Å². The van der Waals surface area contributed by atoms with Crippen molar-refractivity contribution in [2.75, 3.05) is 41.5 Å². The Kier molecular flexibility index (Phi) is 5.33. The van der Waals surface area contributed by atoms with Gasteiger partial charge in [-0.25, -0.2) is 0 Å². The molecular formula is C6H22N7+. The molecule has 0 saturated carbocycles. The summed E-state index contributed by atoms with van der Waals surface area (Å²) in [5.74, 6) is 0. The van der Waals surface area contributed by atoms with Gasteiger partial charge in [-0.15, -0.1) is 10.9 Å². The molecule has 0 aliphatic rings. The van der Waals surface area contributed by atoms with Gasteiger partial charge in [0, 0.05) is 28.2 Å². The Labute approximate surface area is 79.7 Å².